The summed E-state index contributed by atoms with van der Waals surface area (Å²) in [7, 11) is 0. The molecule has 11 heavy (non-hydrogen) atoms. The molecule has 0 aliphatic rings. The minimum Gasteiger partial charge on any atom is -0.261 e. The van der Waals surface area contributed by atoms with Crippen molar-refractivity contribution in [2.24, 2.45) is 0 Å². The number of nitrogens with zero attached hydrogens (tertiary/aromatic N) is 3. The highest BCUT2D eigenvalue weighted by atomic mass is 35.5. The third-order valence-corrected chi connectivity index (χ3v) is 1.20. The molecular formula is C6H7Cl2N3. The molecule has 0 saturated carbocycles. The zero-order valence-electron chi connectivity index (χ0n) is 5.54. The number of aromatic nitrogens is 3. The van der Waals surface area contributed by atoms with Gasteiger partial charge in [-0.15, -0.1) is 24.8 Å². The molecule has 0 N–H and O–H groups in total. The fourth-order valence-electron chi connectivity index (χ4n) is 0.772. The number of hydrogen-bond acceptors (Lipinski definition) is 2. The summed E-state index contributed by atoms with van der Waals surface area (Å²) < 4.78 is 1.77. The Morgan fingerprint density at radius 1 is 1.18 bits per heavy atom. The molecule has 0 aliphatic heterocycles. The lowest BCUT2D eigenvalue weighted by Crippen LogP contribution is -1.84. The SMILES string of the molecule is Cl.Cl.c1cn2nccc2cn1. The van der Waals surface area contributed by atoms with E-state index in [1.54, 1.807) is 23.1 Å². The van der Waals surface area contributed by atoms with Gasteiger partial charge in [-0.1, -0.05) is 0 Å². The van der Waals surface area contributed by atoms with Crippen molar-refractivity contribution in [2.45, 2.75) is 0 Å². The minimum atomic E-state index is 0. The first kappa shape index (κ1) is 10.2. The average Bonchev–Trinajstić information content (AvgIpc) is 2.33. The Kier molecular flexibility index (Phi) is 3.85. The van der Waals surface area contributed by atoms with Crippen LogP contribution in [-0.4, -0.2) is 14.6 Å². The Hall–Kier alpha value is -0.800. The van der Waals surface area contributed by atoms with Crippen LogP contribution in [0.2, 0.25) is 0 Å². The van der Waals surface area contributed by atoms with Gasteiger partial charge in [0.05, 0.1) is 17.9 Å². The Morgan fingerprint density at radius 3 is 2.73 bits per heavy atom. The van der Waals surface area contributed by atoms with E-state index < -0.39 is 0 Å². The highest BCUT2D eigenvalue weighted by Gasteiger charge is 1.86. The van der Waals surface area contributed by atoms with Crippen molar-refractivity contribution in [2.75, 3.05) is 0 Å². The van der Waals surface area contributed by atoms with Crippen LogP contribution in [0.15, 0.2) is 30.9 Å². The van der Waals surface area contributed by atoms with E-state index in [1.807, 2.05) is 12.3 Å². The van der Waals surface area contributed by atoms with E-state index >= 15 is 0 Å². The van der Waals surface area contributed by atoms with Crippen molar-refractivity contribution in [1.29, 1.82) is 0 Å². The molecule has 0 radical (unpaired) electrons. The fourth-order valence-corrected chi connectivity index (χ4v) is 0.772. The second-order valence-electron chi connectivity index (χ2n) is 1.78. The Bertz CT molecular complexity index is 290. The van der Waals surface area contributed by atoms with E-state index in [1.165, 1.54) is 0 Å². The average molecular weight is 192 g/mol. The van der Waals surface area contributed by atoms with Gasteiger partial charge in [0, 0.05) is 12.4 Å². The maximum absolute atomic E-state index is 4.00. The van der Waals surface area contributed by atoms with Gasteiger partial charge in [-0.3, -0.25) is 4.98 Å². The highest BCUT2D eigenvalue weighted by molar-refractivity contribution is 5.85. The van der Waals surface area contributed by atoms with Crippen LogP contribution in [0.1, 0.15) is 0 Å². The lowest BCUT2D eigenvalue weighted by molar-refractivity contribution is 0.946. The van der Waals surface area contributed by atoms with E-state index in [0.717, 1.165) is 5.52 Å². The summed E-state index contributed by atoms with van der Waals surface area (Å²) in [6.07, 6.45) is 7.04. The third kappa shape index (κ3) is 1.82. The molecule has 0 atom stereocenters. The van der Waals surface area contributed by atoms with Crippen LogP contribution in [-0.2, 0) is 0 Å². The molecule has 5 heteroatoms. The summed E-state index contributed by atoms with van der Waals surface area (Å²) in [4.78, 5) is 3.92. The number of fused-ring (bicyclic) bond motifs is 1. The van der Waals surface area contributed by atoms with Gasteiger partial charge in [-0.05, 0) is 6.07 Å². The fraction of sp³-hybridized carbons (Fsp3) is 0. The van der Waals surface area contributed by atoms with Gasteiger partial charge in [-0.25, -0.2) is 4.52 Å². The molecule has 2 rings (SSSR count). The quantitative estimate of drug-likeness (QED) is 0.634. The third-order valence-electron chi connectivity index (χ3n) is 1.20. The van der Waals surface area contributed by atoms with Crippen molar-refractivity contribution in [3.8, 4) is 0 Å². The molecule has 3 nitrogen and oxygen atoms in total. The monoisotopic (exact) mass is 191 g/mol. The molecule has 2 heterocycles. The second-order valence-corrected chi connectivity index (χ2v) is 1.78. The number of hydrogen-bond donors (Lipinski definition) is 0. The standard InChI is InChI=1S/C6H5N3.2ClH/c1-2-8-9-4-3-7-5-6(1)9;;/h1-5H;2*1H. The summed E-state index contributed by atoms with van der Waals surface area (Å²) in [5, 5.41) is 4.00. The highest BCUT2D eigenvalue weighted by Crippen LogP contribution is 1.95. The van der Waals surface area contributed by atoms with Crippen LogP contribution >= 0.6 is 24.8 Å². The predicted octanol–water partition coefficient (Wildman–Crippen LogP) is 1.57. The molecule has 0 unspecified atom stereocenters. The summed E-state index contributed by atoms with van der Waals surface area (Å²) in [6.45, 7) is 0. The Labute approximate surface area is 76.3 Å². The van der Waals surface area contributed by atoms with E-state index in [0.29, 0.717) is 0 Å². The van der Waals surface area contributed by atoms with Crippen molar-refractivity contribution in [3.63, 3.8) is 0 Å². The summed E-state index contributed by atoms with van der Waals surface area (Å²) in [6, 6.07) is 1.91. The van der Waals surface area contributed by atoms with Gasteiger partial charge < -0.3 is 0 Å². The van der Waals surface area contributed by atoms with Gasteiger partial charge in [0.2, 0.25) is 0 Å². The molecule has 0 saturated heterocycles. The molecule has 0 aliphatic carbocycles. The largest absolute Gasteiger partial charge is 0.261 e. The Morgan fingerprint density at radius 2 is 2.00 bits per heavy atom. The van der Waals surface area contributed by atoms with Crippen molar-refractivity contribution in [3.05, 3.63) is 30.9 Å². The molecule has 0 bridgehead atoms. The first-order valence-electron chi connectivity index (χ1n) is 2.70. The lowest BCUT2D eigenvalue weighted by atomic mass is 10.5. The normalized spacial score (nSPS) is 8.36. The van der Waals surface area contributed by atoms with Crippen molar-refractivity contribution >= 4 is 30.3 Å². The van der Waals surface area contributed by atoms with Gasteiger partial charge in [-0.2, -0.15) is 5.10 Å². The molecule has 0 aromatic carbocycles. The zero-order valence-corrected chi connectivity index (χ0v) is 7.18. The maximum atomic E-state index is 4.00. The van der Waals surface area contributed by atoms with E-state index in [2.05, 4.69) is 10.1 Å². The lowest BCUT2D eigenvalue weighted by Gasteiger charge is -1.86. The second kappa shape index (κ2) is 4.16. The van der Waals surface area contributed by atoms with Crippen LogP contribution in [0.4, 0.5) is 0 Å². The molecular weight excluding hydrogens is 185 g/mol. The van der Waals surface area contributed by atoms with E-state index in [4.69, 9.17) is 0 Å². The predicted molar refractivity (Wildman–Crippen MR) is 47.5 cm³/mol. The van der Waals surface area contributed by atoms with Crippen LogP contribution in [0.3, 0.4) is 0 Å². The first-order chi connectivity index (χ1) is 4.47. The maximum Gasteiger partial charge on any atom is 0.0844 e. The summed E-state index contributed by atoms with van der Waals surface area (Å²) >= 11 is 0. The van der Waals surface area contributed by atoms with Gasteiger partial charge in [0.1, 0.15) is 0 Å². The minimum absolute atomic E-state index is 0. The Balaban J connectivity index is 0.000000500. The van der Waals surface area contributed by atoms with Crippen molar-refractivity contribution < 1.29 is 0 Å². The van der Waals surface area contributed by atoms with E-state index in [-0.39, 0.29) is 24.8 Å². The van der Waals surface area contributed by atoms with Gasteiger partial charge in [0.15, 0.2) is 0 Å². The zero-order chi connectivity index (χ0) is 6.10. The number of halogens is 2. The summed E-state index contributed by atoms with van der Waals surface area (Å²) in [5.74, 6) is 0. The van der Waals surface area contributed by atoms with Crippen molar-refractivity contribution in [1.82, 2.24) is 14.6 Å². The van der Waals surface area contributed by atoms with Crippen LogP contribution < -0.4 is 0 Å². The molecule has 2 aromatic heterocycles. The topological polar surface area (TPSA) is 30.2 Å². The van der Waals surface area contributed by atoms with Crippen LogP contribution in [0.5, 0.6) is 0 Å². The molecule has 0 amide bonds. The van der Waals surface area contributed by atoms with Gasteiger partial charge in [0.25, 0.3) is 0 Å². The molecule has 60 valence electrons. The van der Waals surface area contributed by atoms with Crippen LogP contribution in [0, 0.1) is 0 Å². The summed E-state index contributed by atoms with van der Waals surface area (Å²) in [5.41, 5.74) is 1.03. The number of rotatable bonds is 0. The first-order valence-corrected chi connectivity index (χ1v) is 2.70. The van der Waals surface area contributed by atoms with Crippen LogP contribution in [0.25, 0.3) is 5.52 Å². The smallest absolute Gasteiger partial charge is 0.0844 e. The van der Waals surface area contributed by atoms with Gasteiger partial charge >= 0.3 is 0 Å². The van der Waals surface area contributed by atoms with E-state index in [9.17, 15) is 0 Å². The molecule has 0 spiro atoms. The molecule has 2 aromatic rings. The molecule has 0 fully saturated rings.